The van der Waals surface area contributed by atoms with Gasteiger partial charge in [0.25, 0.3) is 0 Å². The van der Waals surface area contributed by atoms with E-state index in [1.807, 2.05) is 24.3 Å². The van der Waals surface area contributed by atoms with E-state index in [0.717, 1.165) is 27.6 Å². The fraction of sp³-hybridized carbons (Fsp3) is 0.267. The average molecular weight is 321 g/mol. The highest BCUT2D eigenvalue weighted by molar-refractivity contribution is 9.10. The predicted octanol–water partition coefficient (Wildman–Crippen LogP) is 4.68. The number of halogens is 1. The van der Waals surface area contributed by atoms with Gasteiger partial charge in [0.15, 0.2) is 5.78 Å². The van der Waals surface area contributed by atoms with Gasteiger partial charge in [0.05, 0.1) is 5.25 Å². The third kappa shape index (κ3) is 2.34. The number of hydrogen-bond acceptors (Lipinski definition) is 2. The molecule has 1 aliphatic rings. The summed E-state index contributed by atoms with van der Waals surface area (Å²) < 4.78 is 1.07. The maximum atomic E-state index is 12.3. The summed E-state index contributed by atoms with van der Waals surface area (Å²) in [6, 6.07) is 12.2. The van der Waals surface area contributed by atoms with Gasteiger partial charge in [-0.05, 0) is 47.6 Å². The minimum atomic E-state index is 0.179. The van der Waals surface area contributed by atoms with Crippen molar-refractivity contribution in [2.24, 2.45) is 0 Å². The van der Waals surface area contributed by atoms with Crippen LogP contribution in [0.5, 0.6) is 0 Å². The first-order valence-corrected chi connectivity index (χ1v) is 7.93. The Kier molecular flexibility index (Phi) is 3.44. The molecule has 3 rings (SSSR count). The Labute approximate surface area is 119 Å². The number of rotatable bonds is 2. The number of ketones is 1. The first-order valence-electron chi connectivity index (χ1n) is 6.09. The normalized spacial score (nSPS) is 19.3. The smallest absolute Gasteiger partial charge is 0.175 e. The Bertz CT molecular complexity index is 602. The molecule has 0 aromatic heterocycles. The molecule has 1 fully saturated rings. The molecule has 1 aliphatic heterocycles. The van der Waals surface area contributed by atoms with Crippen LogP contribution in [0.1, 0.15) is 23.2 Å². The van der Waals surface area contributed by atoms with E-state index in [0.29, 0.717) is 5.78 Å². The highest BCUT2D eigenvalue weighted by Crippen LogP contribution is 2.30. The molecule has 1 heterocycles. The fourth-order valence-electron chi connectivity index (χ4n) is 2.34. The van der Waals surface area contributed by atoms with Crippen molar-refractivity contribution < 1.29 is 4.79 Å². The summed E-state index contributed by atoms with van der Waals surface area (Å²) in [5.41, 5.74) is 0.851. The average Bonchev–Trinajstić information content (AvgIpc) is 2.91. The summed E-state index contributed by atoms with van der Waals surface area (Å²) in [6.07, 6.45) is 2.20. The monoisotopic (exact) mass is 320 g/mol. The molecular formula is C15H13BrOS. The van der Waals surface area contributed by atoms with Gasteiger partial charge in [-0.2, -0.15) is 11.8 Å². The topological polar surface area (TPSA) is 17.1 Å². The molecule has 0 aliphatic carbocycles. The number of carbonyl (C=O) groups excluding carboxylic acids is 1. The maximum Gasteiger partial charge on any atom is 0.175 e. The van der Waals surface area contributed by atoms with E-state index in [1.54, 1.807) is 11.8 Å². The molecule has 92 valence electrons. The SMILES string of the molecule is O=C(c1ccc2cc(Br)ccc2c1)C1CCCS1. The van der Waals surface area contributed by atoms with Crippen LogP contribution in [-0.2, 0) is 0 Å². The van der Waals surface area contributed by atoms with E-state index in [4.69, 9.17) is 0 Å². The molecule has 0 amide bonds. The Morgan fingerprint density at radius 2 is 1.94 bits per heavy atom. The molecule has 2 aromatic rings. The largest absolute Gasteiger partial charge is 0.293 e. The molecule has 0 bridgehead atoms. The van der Waals surface area contributed by atoms with E-state index in [1.165, 1.54) is 11.8 Å². The lowest BCUT2D eigenvalue weighted by atomic mass is 10.0. The molecule has 1 nitrogen and oxygen atoms in total. The van der Waals surface area contributed by atoms with Crippen LogP contribution in [0.15, 0.2) is 40.9 Å². The van der Waals surface area contributed by atoms with E-state index < -0.39 is 0 Å². The van der Waals surface area contributed by atoms with Crippen LogP contribution in [-0.4, -0.2) is 16.8 Å². The van der Waals surface area contributed by atoms with Crippen molar-refractivity contribution in [2.75, 3.05) is 5.75 Å². The first-order chi connectivity index (χ1) is 8.74. The lowest BCUT2D eigenvalue weighted by molar-refractivity contribution is 0.0988. The van der Waals surface area contributed by atoms with Gasteiger partial charge in [-0.3, -0.25) is 4.79 Å². The molecular weight excluding hydrogens is 308 g/mol. The van der Waals surface area contributed by atoms with Crippen LogP contribution < -0.4 is 0 Å². The lowest BCUT2D eigenvalue weighted by Crippen LogP contribution is -2.13. The van der Waals surface area contributed by atoms with Gasteiger partial charge in [0.1, 0.15) is 0 Å². The second-order valence-corrected chi connectivity index (χ2v) is 6.80. The van der Waals surface area contributed by atoms with Crippen molar-refractivity contribution in [1.29, 1.82) is 0 Å². The summed E-state index contributed by atoms with van der Waals surface area (Å²) in [5, 5.41) is 2.48. The van der Waals surface area contributed by atoms with Crippen LogP contribution in [0.4, 0.5) is 0 Å². The molecule has 0 N–H and O–H groups in total. The minimum Gasteiger partial charge on any atom is -0.293 e. The van der Waals surface area contributed by atoms with Gasteiger partial charge in [-0.15, -0.1) is 0 Å². The number of hydrogen-bond donors (Lipinski definition) is 0. The summed E-state index contributed by atoms with van der Waals surface area (Å²) in [6.45, 7) is 0. The minimum absolute atomic E-state index is 0.179. The van der Waals surface area contributed by atoms with E-state index in [-0.39, 0.29) is 5.25 Å². The number of fused-ring (bicyclic) bond motifs is 1. The standard InChI is InChI=1S/C15H13BrOS/c16-13-6-5-10-8-12(4-3-11(10)9-13)15(17)14-2-1-7-18-14/h3-6,8-9,14H,1-2,7H2. The van der Waals surface area contributed by atoms with E-state index >= 15 is 0 Å². The predicted molar refractivity (Wildman–Crippen MR) is 81.5 cm³/mol. The molecule has 1 atom stereocenters. The highest BCUT2D eigenvalue weighted by atomic mass is 79.9. The van der Waals surface area contributed by atoms with Crippen molar-refractivity contribution in [3.63, 3.8) is 0 Å². The van der Waals surface area contributed by atoms with Crippen molar-refractivity contribution in [3.05, 3.63) is 46.4 Å². The van der Waals surface area contributed by atoms with Gasteiger partial charge < -0.3 is 0 Å². The van der Waals surface area contributed by atoms with E-state index in [9.17, 15) is 4.79 Å². The van der Waals surface area contributed by atoms with Gasteiger partial charge in [0.2, 0.25) is 0 Å². The zero-order valence-electron chi connectivity index (χ0n) is 9.86. The van der Waals surface area contributed by atoms with Crippen LogP contribution in [0.3, 0.4) is 0 Å². The summed E-state index contributed by atoms with van der Waals surface area (Å²) in [5.74, 6) is 1.42. The fourth-order valence-corrected chi connectivity index (χ4v) is 3.96. The van der Waals surface area contributed by atoms with Crippen LogP contribution in [0.25, 0.3) is 10.8 Å². The van der Waals surface area contributed by atoms with Crippen molar-refractivity contribution in [1.82, 2.24) is 0 Å². The molecule has 3 heteroatoms. The zero-order valence-corrected chi connectivity index (χ0v) is 12.3. The van der Waals surface area contributed by atoms with Crippen LogP contribution in [0.2, 0.25) is 0 Å². The number of Topliss-reactive ketones (excluding diaryl/α,β-unsaturated/α-hetero) is 1. The molecule has 1 saturated heterocycles. The Hall–Kier alpha value is -0.800. The Morgan fingerprint density at radius 3 is 2.72 bits per heavy atom. The second-order valence-electron chi connectivity index (χ2n) is 4.57. The third-order valence-corrected chi connectivity index (χ3v) is 5.18. The summed E-state index contributed by atoms with van der Waals surface area (Å²) in [7, 11) is 0. The van der Waals surface area contributed by atoms with Gasteiger partial charge in [-0.1, -0.05) is 34.1 Å². The quantitative estimate of drug-likeness (QED) is 0.747. The van der Waals surface area contributed by atoms with Crippen molar-refractivity contribution >= 4 is 44.2 Å². The van der Waals surface area contributed by atoms with Crippen molar-refractivity contribution in [3.8, 4) is 0 Å². The molecule has 0 saturated carbocycles. The molecule has 1 unspecified atom stereocenters. The van der Waals surface area contributed by atoms with Gasteiger partial charge in [0, 0.05) is 10.0 Å². The number of thioether (sulfide) groups is 1. The first kappa shape index (κ1) is 12.2. The Morgan fingerprint density at radius 1 is 1.17 bits per heavy atom. The molecule has 18 heavy (non-hydrogen) atoms. The van der Waals surface area contributed by atoms with Crippen LogP contribution in [0, 0.1) is 0 Å². The van der Waals surface area contributed by atoms with Gasteiger partial charge >= 0.3 is 0 Å². The summed E-state index contributed by atoms with van der Waals surface area (Å²) in [4.78, 5) is 12.3. The van der Waals surface area contributed by atoms with Crippen molar-refractivity contribution in [2.45, 2.75) is 18.1 Å². The molecule has 0 radical (unpaired) electrons. The Balaban J connectivity index is 1.97. The zero-order chi connectivity index (χ0) is 12.5. The van der Waals surface area contributed by atoms with Gasteiger partial charge in [-0.25, -0.2) is 0 Å². The number of carbonyl (C=O) groups is 1. The highest BCUT2D eigenvalue weighted by Gasteiger charge is 2.24. The number of benzene rings is 2. The second kappa shape index (κ2) is 5.06. The molecule has 2 aromatic carbocycles. The molecule has 0 spiro atoms. The summed E-state index contributed by atoms with van der Waals surface area (Å²) >= 11 is 5.26. The van der Waals surface area contributed by atoms with E-state index in [2.05, 4.69) is 28.1 Å². The lowest BCUT2D eigenvalue weighted by Gasteiger charge is -2.08. The maximum absolute atomic E-state index is 12.3. The third-order valence-electron chi connectivity index (χ3n) is 3.31. The van der Waals surface area contributed by atoms with Crippen LogP contribution >= 0.6 is 27.7 Å².